The lowest BCUT2D eigenvalue weighted by atomic mass is 10.2. The molecule has 2 amide bonds. The Morgan fingerprint density at radius 1 is 1.09 bits per heavy atom. The molecule has 23 heavy (non-hydrogen) atoms. The summed E-state index contributed by atoms with van der Waals surface area (Å²) in [6.07, 6.45) is 0. The first-order valence-electron chi connectivity index (χ1n) is 7.10. The van der Waals surface area contributed by atoms with Crippen molar-refractivity contribution >= 4 is 40.5 Å². The van der Waals surface area contributed by atoms with Gasteiger partial charge in [-0.2, -0.15) is 0 Å². The Morgan fingerprint density at radius 3 is 2.35 bits per heavy atom. The Morgan fingerprint density at radius 2 is 1.74 bits per heavy atom. The Labute approximate surface area is 140 Å². The molecule has 0 aliphatic heterocycles. The van der Waals surface area contributed by atoms with Crippen molar-refractivity contribution in [3.63, 3.8) is 0 Å². The van der Waals surface area contributed by atoms with Crippen LogP contribution >= 0.6 is 11.6 Å². The zero-order valence-corrected chi connectivity index (χ0v) is 13.7. The molecule has 0 radical (unpaired) electrons. The van der Waals surface area contributed by atoms with Crippen molar-refractivity contribution < 1.29 is 9.59 Å². The molecule has 0 spiro atoms. The lowest BCUT2D eigenvalue weighted by molar-refractivity contribution is -0.116. The zero-order chi connectivity index (χ0) is 16.8. The minimum Gasteiger partial charge on any atom is -0.376 e. The smallest absolute Gasteiger partial charge is 0.243 e. The Kier molecular flexibility index (Phi) is 5.60. The third-order valence-electron chi connectivity index (χ3n) is 3.33. The van der Waals surface area contributed by atoms with Crippen LogP contribution in [0.25, 0.3) is 0 Å². The number of nitrogens with zero attached hydrogens (tertiary/aromatic N) is 1. The van der Waals surface area contributed by atoms with E-state index in [9.17, 15) is 9.59 Å². The van der Waals surface area contributed by atoms with Gasteiger partial charge < -0.3 is 15.5 Å². The molecule has 5 nitrogen and oxygen atoms in total. The molecule has 0 aromatic heterocycles. The molecule has 0 aliphatic carbocycles. The summed E-state index contributed by atoms with van der Waals surface area (Å²) < 4.78 is 0. The number of nitrogens with one attached hydrogen (secondary N) is 2. The van der Waals surface area contributed by atoms with E-state index in [1.54, 1.807) is 36.2 Å². The molecule has 0 saturated heterocycles. The number of benzene rings is 2. The average Bonchev–Trinajstić information content (AvgIpc) is 2.55. The highest BCUT2D eigenvalue weighted by atomic mass is 35.5. The van der Waals surface area contributed by atoms with E-state index in [4.69, 9.17) is 11.6 Å². The molecule has 0 bridgehead atoms. The number of amides is 2. The van der Waals surface area contributed by atoms with Gasteiger partial charge in [-0.25, -0.2) is 0 Å². The number of hydrogen-bond donors (Lipinski definition) is 2. The first kappa shape index (κ1) is 16.8. The third kappa shape index (κ3) is 4.72. The minimum absolute atomic E-state index is 0.0372. The Hall–Kier alpha value is -2.53. The SMILES string of the molecule is CC(=O)N(C)c1ccc(NCC(=O)Nc2ccccc2Cl)cc1. The Balaban J connectivity index is 1.89. The number of halogens is 1. The van der Waals surface area contributed by atoms with Gasteiger partial charge in [0.1, 0.15) is 0 Å². The zero-order valence-electron chi connectivity index (χ0n) is 13.0. The first-order valence-corrected chi connectivity index (χ1v) is 7.48. The summed E-state index contributed by atoms with van der Waals surface area (Å²) in [4.78, 5) is 24.8. The molecule has 0 fully saturated rings. The van der Waals surface area contributed by atoms with Crippen LogP contribution in [0.15, 0.2) is 48.5 Å². The standard InChI is InChI=1S/C17H18ClN3O2/c1-12(22)21(2)14-9-7-13(8-10-14)19-11-17(23)20-16-6-4-3-5-15(16)18/h3-10,19H,11H2,1-2H3,(H,20,23). The largest absolute Gasteiger partial charge is 0.376 e. The average molecular weight is 332 g/mol. The highest BCUT2D eigenvalue weighted by Gasteiger charge is 2.07. The molecule has 120 valence electrons. The molecule has 0 unspecified atom stereocenters. The second-order valence-electron chi connectivity index (χ2n) is 5.01. The first-order chi connectivity index (χ1) is 11.0. The summed E-state index contributed by atoms with van der Waals surface area (Å²) in [5.74, 6) is -0.229. The second kappa shape index (κ2) is 7.65. The molecule has 2 N–H and O–H groups in total. The molecular weight excluding hydrogens is 314 g/mol. The maximum atomic E-state index is 11.9. The molecule has 0 heterocycles. The predicted molar refractivity (Wildman–Crippen MR) is 94.1 cm³/mol. The fourth-order valence-corrected chi connectivity index (χ4v) is 2.11. The van der Waals surface area contributed by atoms with Gasteiger partial charge >= 0.3 is 0 Å². The summed E-state index contributed by atoms with van der Waals surface area (Å²) in [5.41, 5.74) is 2.17. The van der Waals surface area contributed by atoms with E-state index in [0.717, 1.165) is 11.4 Å². The minimum atomic E-state index is -0.192. The van der Waals surface area contributed by atoms with Crippen molar-refractivity contribution in [1.29, 1.82) is 0 Å². The molecule has 2 rings (SSSR count). The van der Waals surface area contributed by atoms with E-state index in [0.29, 0.717) is 10.7 Å². The van der Waals surface area contributed by atoms with Crippen LogP contribution in [0.3, 0.4) is 0 Å². The fraction of sp³-hybridized carbons (Fsp3) is 0.176. The van der Waals surface area contributed by atoms with Crippen LogP contribution in [0, 0.1) is 0 Å². The van der Waals surface area contributed by atoms with Crippen LogP contribution in [0.2, 0.25) is 5.02 Å². The van der Waals surface area contributed by atoms with Crippen LogP contribution in [0.4, 0.5) is 17.1 Å². The van der Waals surface area contributed by atoms with Gasteiger partial charge in [0.25, 0.3) is 0 Å². The van der Waals surface area contributed by atoms with Crippen molar-refractivity contribution in [3.05, 3.63) is 53.6 Å². The van der Waals surface area contributed by atoms with Crippen molar-refractivity contribution in [2.24, 2.45) is 0 Å². The summed E-state index contributed by atoms with van der Waals surface area (Å²) >= 11 is 5.99. The van der Waals surface area contributed by atoms with Crippen molar-refractivity contribution in [2.45, 2.75) is 6.92 Å². The lowest BCUT2D eigenvalue weighted by Crippen LogP contribution is -2.23. The van der Waals surface area contributed by atoms with Crippen molar-refractivity contribution in [3.8, 4) is 0 Å². The van der Waals surface area contributed by atoms with Crippen molar-refractivity contribution in [2.75, 3.05) is 29.1 Å². The van der Waals surface area contributed by atoms with Crippen molar-refractivity contribution in [1.82, 2.24) is 0 Å². The number of carbonyl (C=O) groups excluding carboxylic acids is 2. The molecular formula is C17H18ClN3O2. The van der Waals surface area contributed by atoms with E-state index in [2.05, 4.69) is 10.6 Å². The van der Waals surface area contributed by atoms with Crippen LogP contribution in [0.5, 0.6) is 0 Å². The van der Waals surface area contributed by atoms with Gasteiger partial charge in [-0.1, -0.05) is 23.7 Å². The maximum absolute atomic E-state index is 11.9. The highest BCUT2D eigenvalue weighted by molar-refractivity contribution is 6.33. The quantitative estimate of drug-likeness (QED) is 0.883. The maximum Gasteiger partial charge on any atom is 0.243 e. The van der Waals surface area contributed by atoms with E-state index in [-0.39, 0.29) is 18.4 Å². The summed E-state index contributed by atoms with van der Waals surface area (Å²) in [7, 11) is 1.71. The molecule has 2 aromatic carbocycles. The fourth-order valence-electron chi connectivity index (χ4n) is 1.92. The van der Waals surface area contributed by atoms with Gasteiger partial charge in [0, 0.05) is 25.3 Å². The summed E-state index contributed by atoms with van der Waals surface area (Å²) in [5, 5.41) is 6.26. The Bertz CT molecular complexity index is 701. The van der Waals surface area contributed by atoms with Crippen LogP contribution in [0.1, 0.15) is 6.92 Å². The topological polar surface area (TPSA) is 61.4 Å². The van der Waals surface area contributed by atoms with E-state index in [1.165, 1.54) is 6.92 Å². The highest BCUT2D eigenvalue weighted by Crippen LogP contribution is 2.20. The van der Waals surface area contributed by atoms with Gasteiger partial charge in [-0.15, -0.1) is 0 Å². The van der Waals surface area contributed by atoms with Crippen LogP contribution < -0.4 is 15.5 Å². The lowest BCUT2D eigenvalue weighted by Gasteiger charge is -2.15. The number of carbonyl (C=O) groups is 2. The van der Waals surface area contributed by atoms with Gasteiger partial charge in [0.2, 0.25) is 11.8 Å². The number of anilines is 3. The number of rotatable bonds is 5. The number of hydrogen-bond acceptors (Lipinski definition) is 3. The second-order valence-corrected chi connectivity index (χ2v) is 5.41. The van der Waals surface area contributed by atoms with E-state index >= 15 is 0 Å². The predicted octanol–water partition coefficient (Wildman–Crippen LogP) is 3.37. The van der Waals surface area contributed by atoms with Crippen LogP contribution in [-0.4, -0.2) is 25.4 Å². The third-order valence-corrected chi connectivity index (χ3v) is 3.66. The molecule has 0 aliphatic rings. The molecule has 2 aromatic rings. The number of para-hydroxylation sites is 1. The molecule has 0 atom stereocenters. The van der Waals surface area contributed by atoms with Gasteiger partial charge in [-0.3, -0.25) is 9.59 Å². The molecule has 6 heteroatoms. The van der Waals surface area contributed by atoms with Gasteiger partial charge in [-0.05, 0) is 36.4 Å². The molecule has 0 saturated carbocycles. The van der Waals surface area contributed by atoms with Gasteiger partial charge in [0.15, 0.2) is 0 Å². The monoisotopic (exact) mass is 331 g/mol. The van der Waals surface area contributed by atoms with Crippen LogP contribution in [-0.2, 0) is 9.59 Å². The summed E-state index contributed by atoms with van der Waals surface area (Å²) in [6, 6.07) is 14.3. The van der Waals surface area contributed by atoms with Gasteiger partial charge in [0.05, 0.1) is 17.3 Å². The van der Waals surface area contributed by atoms with E-state index < -0.39 is 0 Å². The van der Waals surface area contributed by atoms with E-state index in [1.807, 2.05) is 24.3 Å². The normalized spacial score (nSPS) is 10.0. The summed E-state index contributed by atoms with van der Waals surface area (Å²) in [6.45, 7) is 1.62.